The number of carbonyl (C=O) groups excluding carboxylic acids is 1. The fourth-order valence-electron chi connectivity index (χ4n) is 2.36. The van der Waals surface area contributed by atoms with Crippen LogP contribution in [0.15, 0.2) is 4.99 Å². The fraction of sp³-hybridized carbons (Fsp3) is 0.882. The van der Waals surface area contributed by atoms with Gasteiger partial charge in [0, 0.05) is 0 Å². The van der Waals surface area contributed by atoms with E-state index in [-0.39, 0.29) is 0 Å². The van der Waals surface area contributed by atoms with E-state index in [1.54, 1.807) is 6.08 Å². The van der Waals surface area contributed by atoms with Crippen molar-refractivity contribution in [3.63, 3.8) is 0 Å². The average Bonchev–Trinajstić information content (AvgIpc) is 2.43. The lowest BCUT2D eigenvalue weighted by Crippen LogP contribution is -1.84. The maximum atomic E-state index is 9.84. The first-order valence-corrected chi connectivity index (χ1v) is 8.24. The van der Waals surface area contributed by atoms with E-state index in [1.807, 2.05) is 0 Å². The topological polar surface area (TPSA) is 29.4 Å². The molecule has 0 N–H and O–H groups in total. The van der Waals surface area contributed by atoms with E-state index in [0.29, 0.717) is 6.54 Å². The molecule has 0 amide bonds. The highest BCUT2D eigenvalue weighted by Crippen LogP contribution is 2.12. The van der Waals surface area contributed by atoms with Gasteiger partial charge in [-0.3, -0.25) is 0 Å². The van der Waals surface area contributed by atoms with E-state index in [9.17, 15) is 4.79 Å². The number of aliphatic imine (C=N–C) groups is 1. The summed E-state index contributed by atoms with van der Waals surface area (Å²) in [5.41, 5.74) is 0. The Labute approximate surface area is 120 Å². The molecule has 0 heterocycles. The molecule has 19 heavy (non-hydrogen) atoms. The molecule has 0 atom stereocenters. The quantitative estimate of drug-likeness (QED) is 0.215. The van der Waals surface area contributed by atoms with Crippen LogP contribution in [0.5, 0.6) is 0 Å². The van der Waals surface area contributed by atoms with Crippen LogP contribution in [0.25, 0.3) is 0 Å². The van der Waals surface area contributed by atoms with Crippen molar-refractivity contribution in [3.8, 4) is 0 Å². The minimum atomic E-state index is 0.664. The largest absolute Gasteiger partial charge is 0.234 e. The van der Waals surface area contributed by atoms with Gasteiger partial charge < -0.3 is 0 Å². The molecule has 0 rings (SSSR count). The molecule has 1 radical (unpaired) electrons. The maximum Gasteiger partial charge on any atom is 0.234 e. The second-order valence-corrected chi connectivity index (χ2v) is 5.42. The minimum absolute atomic E-state index is 0.664. The van der Waals surface area contributed by atoms with Crippen molar-refractivity contribution in [2.24, 2.45) is 4.99 Å². The second kappa shape index (κ2) is 17.4. The number of unbranched alkanes of at least 4 members (excludes halogenated alkanes) is 13. The number of isocyanates is 1. The third kappa shape index (κ3) is 17.4. The number of nitrogens with zero attached hydrogens (tertiary/aromatic N) is 1. The highest BCUT2D eigenvalue weighted by Gasteiger charge is 1.93. The zero-order valence-electron chi connectivity index (χ0n) is 12.7. The predicted molar refractivity (Wildman–Crippen MR) is 83.0 cm³/mol. The maximum absolute atomic E-state index is 9.84. The molecule has 0 aromatic heterocycles. The monoisotopic (exact) mass is 266 g/mol. The van der Waals surface area contributed by atoms with Gasteiger partial charge in [-0.2, -0.15) is 0 Å². The van der Waals surface area contributed by atoms with Crippen molar-refractivity contribution in [1.29, 1.82) is 0 Å². The molecule has 0 saturated heterocycles. The summed E-state index contributed by atoms with van der Waals surface area (Å²) >= 11 is 0. The van der Waals surface area contributed by atoms with Crippen molar-refractivity contribution in [3.05, 3.63) is 6.92 Å². The average molecular weight is 266 g/mol. The van der Waals surface area contributed by atoms with Gasteiger partial charge in [0.1, 0.15) is 0 Å². The molecule has 2 nitrogen and oxygen atoms in total. The first-order chi connectivity index (χ1) is 9.41. The van der Waals surface area contributed by atoms with Crippen LogP contribution in [-0.2, 0) is 4.79 Å². The summed E-state index contributed by atoms with van der Waals surface area (Å²) < 4.78 is 0. The van der Waals surface area contributed by atoms with Gasteiger partial charge in [0.25, 0.3) is 0 Å². The number of hydrogen-bond donors (Lipinski definition) is 0. The smallest absolute Gasteiger partial charge is 0.211 e. The van der Waals surface area contributed by atoms with Crippen LogP contribution in [0.3, 0.4) is 0 Å². The SMILES string of the molecule is [CH2]CCCCCCCCCCCCCCCN=C=O. The third-order valence-corrected chi connectivity index (χ3v) is 3.58. The van der Waals surface area contributed by atoms with E-state index < -0.39 is 0 Å². The third-order valence-electron chi connectivity index (χ3n) is 3.58. The minimum Gasteiger partial charge on any atom is -0.211 e. The van der Waals surface area contributed by atoms with Crippen LogP contribution in [0.4, 0.5) is 0 Å². The molecule has 0 unspecified atom stereocenters. The lowest BCUT2D eigenvalue weighted by atomic mass is 10.0. The van der Waals surface area contributed by atoms with E-state index in [4.69, 9.17) is 0 Å². The number of rotatable bonds is 15. The van der Waals surface area contributed by atoms with Crippen molar-refractivity contribution in [1.82, 2.24) is 0 Å². The molecule has 0 aromatic carbocycles. The summed E-state index contributed by atoms with van der Waals surface area (Å²) in [6.45, 7) is 4.53. The van der Waals surface area contributed by atoms with Gasteiger partial charge in [0.05, 0.1) is 6.54 Å². The van der Waals surface area contributed by atoms with Crippen molar-refractivity contribution in [2.75, 3.05) is 6.54 Å². The van der Waals surface area contributed by atoms with Crippen LogP contribution >= 0.6 is 0 Å². The van der Waals surface area contributed by atoms with Crippen LogP contribution < -0.4 is 0 Å². The van der Waals surface area contributed by atoms with Gasteiger partial charge in [0.15, 0.2) is 0 Å². The molecule has 0 aliphatic heterocycles. The molecule has 2 heteroatoms. The Kier molecular flexibility index (Phi) is 16.8. The van der Waals surface area contributed by atoms with Crippen LogP contribution in [0.1, 0.15) is 89.9 Å². The first-order valence-electron chi connectivity index (χ1n) is 8.24. The molecule has 0 aromatic rings. The summed E-state index contributed by atoms with van der Waals surface area (Å²) in [7, 11) is 0. The molecule has 0 aliphatic rings. The zero-order valence-corrected chi connectivity index (χ0v) is 12.7. The summed E-state index contributed by atoms with van der Waals surface area (Å²) in [5, 5.41) is 0. The van der Waals surface area contributed by atoms with Gasteiger partial charge in [-0.25, -0.2) is 9.79 Å². The predicted octanol–water partition coefficient (Wildman–Crippen LogP) is 5.62. The van der Waals surface area contributed by atoms with E-state index in [1.165, 1.54) is 77.0 Å². The summed E-state index contributed by atoms with van der Waals surface area (Å²) in [6, 6.07) is 0. The summed E-state index contributed by atoms with van der Waals surface area (Å²) in [4.78, 5) is 13.4. The Morgan fingerprint density at radius 2 is 1.00 bits per heavy atom. The Bertz CT molecular complexity index is 209. The van der Waals surface area contributed by atoms with Crippen LogP contribution in [0.2, 0.25) is 0 Å². The highest BCUT2D eigenvalue weighted by molar-refractivity contribution is 5.32. The van der Waals surface area contributed by atoms with Crippen LogP contribution in [-0.4, -0.2) is 12.6 Å². The molecule has 0 spiro atoms. The standard InChI is InChI=1S/C17H32NO/c1-2-3-4-5-6-7-8-9-10-11-12-13-14-15-16-18-17-19/h1-16H2. The van der Waals surface area contributed by atoms with Gasteiger partial charge in [-0.15, -0.1) is 0 Å². The molecule has 111 valence electrons. The second-order valence-electron chi connectivity index (χ2n) is 5.42. The summed E-state index contributed by atoms with van der Waals surface area (Å²) in [6.07, 6.45) is 20.1. The van der Waals surface area contributed by atoms with E-state index in [2.05, 4.69) is 11.9 Å². The lowest BCUT2D eigenvalue weighted by molar-refractivity contribution is 0.537. The van der Waals surface area contributed by atoms with Crippen LogP contribution in [0, 0.1) is 6.92 Å². The summed E-state index contributed by atoms with van der Waals surface area (Å²) in [5.74, 6) is 0. The first kappa shape index (κ1) is 18.4. The fourth-order valence-corrected chi connectivity index (χ4v) is 2.36. The Balaban J connectivity index is 2.93. The van der Waals surface area contributed by atoms with Gasteiger partial charge in [-0.05, 0) is 6.42 Å². The van der Waals surface area contributed by atoms with E-state index >= 15 is 0 Å². The molecule has 0 saturated carbocycles. The Hall–Kier alpha value is -0.620. The van der Waals surface area contributed by atoms with Crippen molar-refractivity contribution in [2.45, 2.75) is 89.9 Å². The Morgan fingerprint density at radius 1 is 0.632 bits per heavy atom. The Morgan fingerprint density at radius 3 is 1.37 bits per heavy atom. The van der Waals surface area contributed by atoms with Gasteiger partial charge in [0.2, 0.25) is 6.08 Å². The molecule has 0 fully saturated rings. The van der Waals surface area contributed by atoms with Gasteiger partial charge >= 0.3 is 0 Å². The normalized spacial score (nSPS) is 10.4. The lowest BCUT2D eigenvalue weighted by Gasteiger charge is -2.02. The molecular formula is C17H32NO. The van der Waals surface area contributed by atoms with Gasteiger partial charge in [-0.1, -0.05) is 90.4 Å². The molecule has 0 aliphatic carbocycles. The molecular weight excluding hydrogens is 234 g/mol. The number of hydrogen-bond acceptors (Lipinski definition) is 2. The van der Waals surface area contributed by atoms with Crippen molar-refractivity contribution < 1.29 is 4.79 Å². The van der Waals surface area contributed by atoms with E-state index in [0.717, 1.165) is 12.8 Å². The molecule has 0 bridgehead atoms. The highest BCUT2D eigenvalue weighted by atomic mass is 16.1. The zero-order chi connectivity index (χ0) is 14.0. The van der Waals surface area contributed by atoms with Crippen molar-refractivity contribution >= 4 is 6.08 Å².